The number of carbonyl (C=O) groups excluding carboxylic acids is 1. The molecule has 1 aromatic rings. The fourth-order valence-electron chi connectivity index (χ4n) is 4.25. The fraction of sp³-hybridized carbons (Fsp3) is 0.619. The van der Waals surface area contributed by atoms with Gasteiger partial charge in [0, 0.05) is 31.5 Å². The van der Waals surface area contributed by atoms with Crippen LogP contribution in [0.5, 0.6) is 11.5 Å². The average Bonchev–Trinajstić information content (AvgIpc) is 3.25. The van der Waals surface area contributed by atoms with Crippen molar-refractivity contribution in [1.82, 2.24) is 10.4 Å². The molecule has 7 heteroatoms. The van der Waals surface area contributed by atoms with Crippen molar-refractivity contribution in [2.75, 3.05) is 20.2 Å². The van der Waals surface area contributed by atoms with Crippen LogP contribution in [0.2, 0.25) is 0 Å². The van der Waals surface area contributed by atoms with Crippen molar-refractivity contribution < 1.29 is 19.5 Å². The highest BCUT2D eigenvalue weighted by atomic mass is 16.5. The summed E-state index contributed by atoms with van der Waals surface area (Å²) in [6.07, 6.45) is 5.95. The van der Waals surface area contributed by atoms with Crippen molar-refractivity contribution in [1.29, 1.82) is 0 Å². The molecule has 1 saturated carbocycles. The fourth-order valence-corrected chi connectivity index (χ4v) is 4.25. The third-order valence-corrected chi connectivity index (χ3v) is 6.17. The zero-order chi connectivity index (χ0) is 20.1. The molecule has 1 atom stereocenters. The number of nitrogens with zero attached hydrogens (tertiary/aromatic N) is 2. The molecular weight excluding hydrogens is 358 g/mol. The quantitative estimate of drug-likeness (QED) is 0.446. The van der Waals surface area contributed by atoms with E-state index in [0.29, 0.717) is 37.4 Å². The standard InChI is InChI=1S/C21H29N3O4/c1-15(20(25)23-26)24-12-10-21(22-2,11-13-24)16-8-9-18(27-3)19(14-16)28-17-6-4-5-7-17/h8-9,14-15,17,26H,4-7,10-13H2,1,3H3,(H,23,25)/t15-/m0/s1. The molecule has 7 nitrogen and oxygen atoms in total. The van der Waals surface area contributed by atoms with Crippen LogP contribution in [0.4, 0.5) is 0 Å². The number of rotatable bonds is 6. The van der Waals surface area contributed by atoms with Crippen molar-refractivity contribution in [3.8, 4) is 11.5 Å². The Hall–Kier alpha value is -2.30. The first-order chi connectivity index (χ1) is 13.5. The van der Waals surface area contributed by atoms with Crippen molar-refractivity contribution >= 4 is 5.91 Å². The second-order valence-corrected chi connectivity index (χ2v) is 7.72. The SMILES string of the molecule is [C-]#[N+]C1(c2ccc(OC)c(OC3CCCC3)c2)CCN([C@@H](C)C(=O)NO)CC1. The molecule has 0 spiro atoms. The first-order valence-electron chi connectivity index (χ1n) is 9.95. The Balaban J connectivity index is 1.79. The van der Waals surface area contributed by atoms with E-state index in [0.717, 1.165) is 18.4 Å². The second-order valence-electron chi connectivity index (χ2n) is 7.72. The number of hydrogen-bond donors (Lipinski definition) is 2. The zero-order valence-electron chi connectivity index (χ0n) is 16.6. The molecule has 0 radical (unpaired) electrons. The highest BCUT2D eigenvalue weighted by Crippen LogP contribution is 2.42. The van der Waals surface area contributed by atoms with E-state index in [9.17, 15) is 4.79 Å². The summed E-state index contributed by atoms with van der Waals surface area (Å²) in [5, 5.41) is 8.86. The van der Waals surface area contributed by atoms with E-state index >= 15 is 0 Å². The minimum atomic E-state index is -0.633. The first kappa shape index (κ1) is 20.4. The summed E-state index contributed by atoms with van der Waals surface area (Å²) in [4.78, 5) is 17.7. The van der Waals surface area contributed by atoms with Crippen LogP contribution in [0.15, 0.2) is 18.2 Å². The van der Waals surface area contributed by atoms with Gasteiger partial charge in [-0.05, 0) is 50.8 Å². The summed E-state index contributed by atoms with van der Waals surface area (Å²) in [6.45, 7) is 10.9. The normalized spacial score (nSPS) is 20.9. The predicted molar refractivity (Wildman–Crippen MR) is 104 cm³/mol. The Labute approximate surface area is 166 Å². The van der Waals surface area contributed by atoms with Crippen molar-refractivity contribution in [3.63, 3.8) is 0 Å². The zero-order valence-corrected chi connectivity index (χ0v) is 16.6. The minimum absolute atomic E-state index is 0.215. The molecule has 152 valence electrons. The second kappa shape index (κ2) is 8.80. The van der Waals surface area contributed by atoms with Gasteiger partial charge in [-0.1, -0.05) is 0 Å². The van der Waals surface area contributed by atoms with E-state index in [2.05, 4.69) is 4.85 Å². The maximum absolute atomic E-state index is 11.7. The third-order valence-electron chi connectivity index (χ3n) is 6.17. The Morgan fingerprint density at radius 2 is 2.00 bits per heavy atom. The molecule has 0 unspecified atom stereocenters. The lowest BCUT2D eigenvalue weighted by atomic mass is 9.81. The van der Waals surface area contributed by atoms with E-state index in [1.807, 2.05) is 23.1 Å². The van der Waals surface area contributed by atoms with Crippen LogP contribution in [0, 0.1) is 6.57 Å². The number of benzene rings is 1. The number of hydrogen-bond acceptors (Lipinski definition) is 5. The van der Waals surface area contributed by atoms with Gasteiger partial charge >= 0.3 is 0 Å². The maximum Gasteiger partial charge on any atom is 0.260 e. The Morgan fingerprint density at radius 1 is 1.32 bits per heavy atom. The summed E-state index contributed by atoms with van der Waals surface area (Å²) in [5.41, 5.74) is 2.02. The molecule has 0 bridgehead atoms. The molecule has 1 aromatic carbocycles. The highest BCUT2D eigenvalue weighted by molar-refractivity contribution is 5.80. The van der Waals surface area contributed by atoms with E-state index in [-0.39, 0.29) is 6.10 Å². The summed E-state index contributed by atoms with van der Waals surface area (Å²) in [5.74, 6) is 0.985. The van der Waals surface area contributed by atoms with Crippen LogP contribution >= 0.6 is 0 Å². The molecule has 2 fully saturated rings. The van der Waals surface area contributed by atoms with Gasteiger partial charge in [0.15, 0.2) is 11.5 Å². The molecule has 3 rings (SSSR count). The van der Waals surface area contributed by atoms with Gasteiger partial charge in [0.2, 0.25) is 0 Å². The van der Waals surface area contributed by atoms with Crippen LogP contribution in [0.3, 0.4) is 0 Å². The molecule has 1 aliphatic heterocycles. The Bertz CT molecular complexity index is 732. The monoisotopic (exact) mass is 387 g/mol. The van der Waals surface area contributed by atoms with Crippen LogP contribution in [-0.4, -0.2) is 48.4 Å². The number of likely N-dealkylation sites (tertiary alicyclic amines) is 1. The summed E-state index contributed by atoms with van der Waals surface area (Å²) in [6, 6.07) is 5.39. The number of piperidine rings is 1. The number of amides is 1. The molecule has 1 aliphatic carbocycles. The summed E-state index contributed by atoms with van der Waals surface area (Å²) in [7, 11) is 1.63. The Kier molecular flexibility index (Phi) is 6.42. The number of methoxy groups -OCH3 is 1. The third kappa shape index (κ3) is 4.08. The first-order valence-corrected chi connectivity index (χ1v) is 9.95. The molecule has 28 heavy (non-hydrogen) atoms. The lowest BCUT2D eigenvalue weighted by Crippen LogP contribution is -2.50. The van der Waals surface area contributed by atoms with Crippen LogP contribution in [-0.2, 0) is 10.3 Å². The molecule has 1 heterocycles. The van der Waals surface area contributed by atoms with Gasteiger partial charge < -0.3 is 14.3 Å². The van der Waals surface area contributed by atoms with Crippen LogP contribution in [0.1, 0.15) is 51.0 Å². The summed E-state index contributed by atoms with van der Waals surface area (Å²) < 4.78 is 11.7. The number of hydroxylamine groups is 1. The van der Waals surface area contributed by atoms with E-state index in [1.54, 1.807) is 19.5 Å². The van der Waals surface area contributed by atoms with Crippen molar-refractivity contribution in [3.05, 3.63) is 35.2 Å². The topological polar surface area (TPSA) is 75.4 Å². The number of nitrogens with one attached hydrogen (secondary N) is 1. The lowest BCUT2D eigenvalue weighted by molar-refractivity contribution is -0.134. The largest absolute Gasteiger partial charge is 0.493 e. The van der Waals surface area contributed by atoms with Crippen molar-refractivity contribution in [2.45, 2.75) is 63.1 Å². The molecule has 1 amide bonds. The number of carbonyl (C=O) groups is 1. The van der Waals surface area contributed by atoms with Gasteiger partial charge in [0.1, 0.15) is 0 Å². The van der Waals surface area contributed by atoms with Gasteiger partial charge in [0.25, 0.3) is 11.4 Å². The molecule has 2 aliphatic rings. The van der Waals surface area contributed by atoms with Crippen molar-refractivity contribution in [2.24, 2.45) is 0 Å². The van der Waals surface area contributed by atoms with Gasteiger partial charge in [-0.2, -0.15) is 0 Å². The lowest BCUT2D eigenvalue weighted by Gasteiger charge is -2.36. The van der Waals surface area contributed by atoms with Gasteiger partial charge in [0.05, 0.1) is 19.3 Å². The maximum atomic E-state index is 11.7. The summed E-state index contributed by atoms with van der Waals surface area (Å²) >= 11 is 0. The van der Waals surface area contributed by atoms with E-state index < -0.39 is 17.5 Å². The van der Waals surface area contributed by atoms with E-state index in [4.69, 9.17) is 21.3 Å². The smallest absolute Gasteiger partial charge is 0.260 e. The predicted octanol–water partition coefficient (Wildman–Crippen LogP) is 3.12. The molecule has 1 saturated heterocycles. The minimum Gasteiger partial charge on any atom is -0.493 e. The average molecular weight is 387 g/mol. The van der Waals surface area contributed by atoms with E-state index in [1.165, 1.54) is 12.8 Å². The van der Waals surface area contributed by atoms with Gasteiger partial charge in [-0.25, -0.2) is 12.1 Å². The van der Waals surface area contributed by atoms with Crippen LogP contribution < -0.4 is 15.0 Å². The highest BCUT2D eigenvalue weighted by Gasteiger charge is 2.44. The molecular formula is C21H29N3O4. The van der Waals surface area contributed by atoms with Gasteiger partial charge in [-0.15, -0.1) is 0 Å². The molecule has 0 aromatic heterocycles. The van der Waals surface area contributed by atoms with Gasteiger partial charge in [-0.3, -0.25) is 14.9 Å². The van der Waals surface area contributed by atoms with Crippen LogP contribution in [0.25, 0.3) is 4.85 Å². The molecule has 2 N–H and O–H groups in total. The number of ether oxygens (including phenoxy) is 2. The Morgan fingerprint density at radius 3 is 2.57 bits per heavy atom.